The zero-order chi connectivity index (χ0) is 14.7. The first-order valence-corrected chi connectivity index (χ1v) is 6.93. The van der Waals surface area contributed by atoms with Crippen LogP contribution in [0, 0.1) is 11.6 Å². The highest BCUT2D eigenvalue weighted by Crippen LogP contribution is 2.30. The predicted octanol–water partition coefficient (Wildman–Crippen LogP) is 5.83. The molecule has 1 N–H and O–H groups in total. The van der Waals surface area contributed by atoms with Gasteiger partial charge in [-0.05, 0) is 36.2 Å². The van der Waals surface area contributed by atoms with E-state index in [-0.39, 0.29) is 6.04 Å². The molecule has 0 heterocycles. The van der Waals surface area contributed by atoms with E-state index in [1.165, 1.54) is 6.07 Å². The van der Waals surface area contributed by atoms with E-state index in [4.69, 9.17) is 23.2 Å². The van der Waals surface area contributed by atoms with E-state index < -0.39 is 11.6 Å². The largest absolute Gasteiger partial charge is 0.378 e. The summed E-state index contributed by atoms with van der Waals surface area (Å²) in [5, 5.41) is 4.24. The quantitative estimate of drug-likeness (QED) is 0.748. The third kappa shape index (κ3) is 3.41. The molecule has 20 heavy (non-hydrogen) atoms. The Morgan fingerprint density at radius 3 is 2.40 bits per heavy atom. The van der Waals surface area contributed by atoms with Gasteiger partial charge >= 0.3 is 0 Å². The molecule has 0 spiro atoms. The Morgan fingerprint density at radius 2 is 1.80 bits per heavy atom. The van der Waals surface area contributed by atoms with Gasteiger partial charge in [-0.1, -0.05) is 36.2 Å². The topological polar surface area (TPSA) is 12.0 Å². The standard InChI is InChI=1S/C15H13Cl2F2N/c1-2-15(11-5-3-9(16)7-12(11)17)20-10-4-6-13(18)14(19)8-10/h3-8,15,20H,2H2,1H3. The van der Waals surface area contributed by atoms with Crippen LogP contribution < -0.4 is 5.32 Å². The fraction of sp³-hybridized carbons (Fsp3) is 0.200. The molecule has 0 amide bonds. The average molecular weight is 316 g/mol. The van der Waals surface area contributed by atoms with Crippen molar-refractivity contribution in [2.75, 3.05) is 5.32 Å². The van der Waals surface area contributed by atoms with Crippen LogP contribution in [0.5, 0.6) is 0 Å². The lowest BCUT2D eigenvalue weighted by atomic mass is 10.0. The van der Waals surface area contributed by atoms with Crippen molar-refractivity contribution in [1.82, 2.24) is 0 Å². The molecule has 5 heteroatoms. The predicted molar refractivity (Wildman–Crippen MR) is 79.5 cm³/mol. The van der Waals surface area contributed by atoms with Crippen molar-refractivity contribution < 1.29 is 8.78 Å². The SMILES string of the molecule is CCC(Nc1ccc(F)c(F)c1)c1ccc(Cl)cc1Cl. The van der Waals surface area contributed by atoms with Gasteiger partial charge in [0, 0.05) is 21.8 Å². The lowest BCUT2D eigenvalue weighted by Gasteiger charge is -2.20. The summed E-state index contributed by atoms with van der Waals surface area (Å²) in [7, 11) is 0. The van der Waals surface area contributed by atoms with Gasteiger partial charge in [0.05, 0.1) is 6.04 Å². The number of benzene rings is 2. The van der Waals surface area contributed by atoms with Gasteiger partial charge < -0.3 is 5.32 Å². The van der Waals surface area contributed by atoms with E-state index in [0.29, 0.717) is 15.7 Å². The monoisotopic (exact) mass is 315 g/mol. The van der Waals surface area contributed by atoms with E-state index in [2.05, 4.69) is 5.32 Å². The summed E-state index contributed by atoms with van der Waals surface area (Å²) in [4.78, 5) is 0. The lowest BCUT2D eigenvalue weighted by molar-refractivity contribution is 0.509. The van der Waals surface area contributed by atoms with Crippen LogP contribution in [0.4, 0.5) is 14.5 Å². The summed E-state index contributed by atoms with van der Waals surface area (Å²) >= 11 is 12.0. The molecule has 0 aliphatic carbocycles. The molecule has 0 aliphatic rings. The molecule has 1 atom stereocenters. The number of hydrogen-bond acceptors (Lipinski definition) is 1. The Hall–Kier alpha value is -1.32. The highest BCUT2D eigenvalue weighted by atomic mass is 35.5. The molecule has 0 fully saturated rings. The van der Waals surface area contributed by atoms with Crippen molar-refractivity contribution >= 4 is 28.9 Å². The number of anilines is 1. The maximum absolute atomic E-state index is 13.2. The maximum atomic E-state index is 13.2. The van der Waals surface area contributed by atoms with Crippen molar-refractivity contribution in [2.45, 2.75) is 19.4 Å². The van der Waals surface area contributed by atoms with E-state index in [0.717, 1.165) is 24.1 Å². The molecular weight excluding hydrogens is 303 g/mol. The van der Waals surface area contributed by atoms with Crippen LogP contribution >= 0.6 is 23.2 Å². The van der Waals surface area contributed by atoms with Crippen LogP contribution in [-0.4, -0.2) is 0 Å². The Balaban J connectivity index is 2.26. The summed E-state index contributed by atoms with van der Waals surface area (Å²) in [5.41, 5.74) is 1.37. The summed E-state index contributed by atoms with van der Waals surface area (Å²) in [5.74, 6) is -1.75. The highest BCUT2D eigenvalue weighted by Gasteiger charge is 2.14. The van der Waals surface area contributed by atoms with Gasteiger partial charge in [-0.3, -0.25) is 0 Å². The fourth-order valence-electron chi connectivity index (χ4n) is 1.97. The molecular formula is C15H13Cl2F2N. The molecule has 1 nitrogen and oxygen atoms in total. The van der Waals surface area contributed by atoms with Gasteiger partial charge in [0.15, 0.2) is 11.6 Å². The van der Waals surface area contributed by atoms with Gasteiger partial charge in [0.2, 0.25) is 0 Å². The first-order chi connectivity index (χ1) is 9.51. The molecule has 2 rings (SSSR count). The second-order valence-corrected chi connectivity index (χ2v) is 5.24. The van der Waals surface area contributed by atoms with Crippen LogP contribution in [0.3, 0.4) is 0 Å². The molecule has 0 saturated carbocycles. The minimum absolute atomic E-state index is 0.107. The van der Waals surface area contributed by atoms with Gasteiger partial charge in [-0.2, -0.15) is 0 Å². The first kappa shape index (κ1) is 15.1. The Bertz CT molecular complexity index is 617. The maximum Gasteiger partial charge on any atom is 0.160 e. The van der Waals surface area contributed by atoms with Crippen LogP contribution in [0.15, 0.2) is 36.4 Å². The van der Waals surface area contributed by atoms with Crippen molar-refractivity contribution in [3.05, 3.63) is 63.6 Å². The van der Waals surface area contributed by atoms with Gasteiger partial charge in [0.25, 0.3) is 0 Å². The van der Waals surface area contributed by atoms with Gasteiger partial charge in [-0.15, -0.1) is 0 Å². The van der Waals surface area contributed by atoms with E-state index in [9.17, 15) is 8.78 Å². The second kappa shape index (κ2) is 6.42. The minimum atomic E-state index is -0.882. The number of hydrogen-bond donors (Lipinski definition) is 1. The lowest BCUT2D eigenvalue weighted by Crippen LogP contribution is -2.10. The van der Waals surface area contributed by atoms with Crippen molar-refractivity contribution in [1.29, 1.82) is 0 Å². The summed E-state index contributed by atoms with van der Waals surface area (Å²) < 4.78 is 26.1. The third-order valence-electron chi connectivity index (χ3n) is 3.01. The fourth-order valence-corrected chi connectivity index (χ4v) is 2.51. The van der Waals surface area contributed by atoms with Crippen LogP contribution in [-0.2, 0) is 0 Å². The van der Waals surface area contributed by atoms with Gasteiger partial charge in [-0.25, -0.2) is 8.78 Å². The summed E-state index contributed by atoms with van der Waals surface area (Å²) in [6, 6.07) is 8.84. The molecule has 0 aliphatic heterocycles. The molecule has 106 valence electrons. The first-order valence-electron chi connectivity index (χ1n) is 6.17. The zero-order valence-corrected chi connectivity index (χ0v) is 12.3. The Morgan fingerprint density at radius 1 is 1.05 bits per heavy atom. The van der Waals surface area contributed by atoms with Crippen LogP contribution in [0.2, 0.25) is 10.0 Å². The molecule has 0 bridgehead atoms. The molecule has 0 radical (unpaired) electrons. The number of rotatable bonds is 4. The molecule has 1 unspecified atom stereocenters. The molecule has 2 aromatic rings. The summed E-state index contributed by atoms with van der Waals surface area (Å²) in [6.45, 7) is 1.97. The normalized spacial score (nSPS) is 12.2. The highest BCUT2D eigenvalue weighted by molar-refractivity contribution is 6.35. The third-order valence-corrected chi connectivity index (χ3v) is 3.57. The van der Waals surface area contributed by atoms with Gasteiger partial charge in [0.1, 0.15) is 0 Å². The van der Waals surface area contributed by atoms with Crippen LogP contribution in [0.25, 0.3) is 0 Å². The molecule has 2 aromatic carbocycles. The summed E-state index contributed by atoms with van der Waals surface area (Å²) in [6.07, 6.45) is 0.736. The molecule has 0 saturated heterocycles. The average Bonchev–Trinajstić information content (AvgIpc) is 2.41. The zero-order valence-electron chi connectivity index (χ0n) is 10.8. The van der Waals surface area contributed by atoms with E-state index >= 15 is 0 Å². The Kier molecular flexibility index (Phi) is 4.84. The second-order valence-electron chi connectivity index (χ2n) is 4.40. The number of halogens is 4. The van der Waals surface area contributed by atoms with Crippen molar-refractivity contribution in [3.8, 4) is 0 Å². The van der Waals surface area contributed by atoms with Crippen molar-refractivity contribution in [3.63, 3.8) is 0 Å². The minimum Gasteiger partial charge on any atom is -0.378 e. The van der Waals surface area contributed by atoms with E-state index in [1.807, 2.05) is 13.0 Å². The van der Waals surface area contributed by atoms with E-state index in [1.54, 1.807) is 12.1 Å². The Labute approximate surface area is 126 Å². The smallest absolute Gasteiger partial charge is 0.160 e. The molecule has 0 aromatic heterocycles. The van der Waals surface area contributed by atoms with Crippen molar-refractivity contribution in [2.24, 2.45) is 0 Å². The van der Waals surface area contributed by atoms with Crippen LogP contribution in [0.1, 0.15) is 24.9 Å². The number of nitrogens with one attached hydrogen (secondary N) is 1.